The third-order valence-corrected chi connectivity index (χ3v) is 4.23. The third kappa shape index (κ3) is 4.02. The monoisotopic (exact) mass is 327 g/mol. The van der Waals surface area contributed by atoms with Gasteiger partial charge in [-0.25, -0.2) is 4.39 Å². The van der Waals surface area contributed by atoms with Crippen LogP contribution < -0.4 is 5.32 Å². The molecule has 0 saturated heterocycles. The van der Waals surface area contributed by atoms with Gasteiger partial charge in [0.25, 0.3) is 5.91 Å². The van der Waals surface area contributed by atoms with Crippen LogP contribution in [0.5, 0.6) is 0 Å². The molecule has 1 N–H and O–H groups in total. The fourth-order valence-electron chi connectivity index (χ4n) is 2.04. The van der Waals surface area contributed by atoms with E-state index < -0.39 is 0 Å². The minimum atomic E-state index is -0.300. The molecule has 3 aromatic rings. The fourth-order valence-corrected chi connectivity index (χ4v) is 2.98. The van der Waals surface area contributed by atoms with Gasteiger partial charge in [-0.15, -0.1) is 11.8 Å². The summed E-state index contributed by atoms with van der Waals surface area (Å²) in [4.78, 5) is 12.9. The lowest BCUT2D eigenvalue weighted by molar-refractivity contribution is 0.0996. The highest BCUT2D eigenvalue weighted by atomic mass is 32.2. The smallest absolute Gasteiger partial charge is 0.291 e. The van der Waals surface area contributed by atoms with Gasteiger partial charge in [0, 0.05) is 16.3 Å². The van der Waals surface area contributed by atoms with Crippen LogP contribution in [0.3, 0.4) is 0 Å². The molecule has 2 aromatic carbocycles. The number of thioether (sulfide) groups is 1. The van der Waals surface area contributed by atoms with Crippen molar-refractivity contribution in [3.05, 3.63) is 84.1 Å². The van der Waals surface area contributed by atoms with Gasteiger partial charge in [-0.05, 0) is 42.0 Å². The number of rotatable bonds is 5. The molecule has 0 spiro atoms. The molecule has 5 heteroatoms. The summed E-state index contributed by atoms with van der Waals surface area (Å²) in [5.74, 6) is 0.283. The molecule has 0 aliphatic heterocycles. The largest absolute Gasteiger partial charge is 0.459 e. The van der Waals surface area contributed by atoms with E-state index in [9.17, 15) is 9.18 Å². The van der Waals surface area contributed by atoms with Gasteiger partial charge in [0.15, 0.2) is 5.76 Å². The number of benzene rings is 2. The lowest BCUT2D eigenvalue weighted by Gasteiger charge is -2.07. The summed E-state index contributed by atoms with van der Waals surface area (Å²) >= 11 is 1.51. The molecule has 0 bridgehead atoms. The first-order valence-electron chi connectivity index (χ1n) is 7.03. The molecule has 0 atom stereocenters. The van der Waals surface area contributed by atoms with Crippen LogP contribution in [-0.4, -0.2) is 5.91 Å². The number of carbonyl (C=O) groups excluding carboxylic acids is 1. The maximum Gasteiger partial charge on any atom is 0.291 e. The zero-order valence-electron chi connectivity index (χ0n) is 12.2. The molecule has 0 radical (unpaired) electrons. The SMILES string of the molecule is O=C(Nc1cccc(SCc2ccccc2F)c1)c1ccco1. The van der Waals surface area contributed by atoms with Crippen molar-refractivity contribution in [2.75, 3.05) is 5.32 Å². The van der Waals surface area contributed by atoms with Crippen molar-refractivity contribution in [1.82, 2.24) is 0 Å². The molecule has 0 unspecified atom stereocenters. The molecule has 1 amide bonds. The summed E-state index contributed by atoms with van der Waals surface area (Å²) < 4.78 is 18.7. The Balaban J connectivity index is 1.65. The number of hydrogen-bond acceptors (Lipinski definition) is 3. The van der Waals surface area contributed by atoms with Crippen LogP contribution in [-0.2, 0) is 5.75 Å². The van der Waals surface area contributed by atoms with E-state index in [1.807, 2.05) is 24.3 Å². The number of hydrogen-bond donors (Lipinski definition) is 1. The normalized spacial score (nSPS) is 10.5. The molecular formula is C18H14FNO2S. The third-order valence-electron chi connectivity index (χ3n) is 3.19. The van der Waals surface area contributed by atoms with E-state index in [-0.39, 0.29) is 17.5 Å². The van der Waals surface area contributed by atoms with Gasteiger partial charge in [-0.3, -0.25) is 4.79 Å². The fraction of sp³-hybridized carbons (Fsp3) is 0.0556. The van der Waals surface area contributed by atoms with E-state index >= 15 is 0 Å². The molecule has 116 valence electrons. The van der Waals surface area contributed by atoms with Crippen LogP contribution in [0.25, 0.3) is 0 Å². The first-order chi connectivity index (χ1) is 11.2. The van der Waals surface area contributed by atoms with Crippen LogP contribution in [0, 0.1) is 5.82 Å². The summed E-state index contributed by atoms with van der Waals surface area (Å²) in [7, 11) is 0. The Labute approximate surface area is 137 Å². The average Bonchev–Trinajstić information content (AvgIpc) is 3.09. The maximum atomic E-state index is 13.6. The Bertz CT molecular complexity index is 802. The number of nitrogens with one attached hydrogen (secondary N) is 1. The van der Waals surface area contributed by atoms with Gasteiger partial charge in [-0.1, -0.05) is 24.3 Å². The molecule has 0 fully saturated rings. The summed E-state index contributed by atoms with van der Waals surface area (Å²) in [6.45, 7) is 0. The van der Waals surface area contributed by atoms with E-state index in [4.69, 9.17) is 4.42 Å². The van der Waals surface area contributed by atoms with E-state index in [2.05, 4.69) is 5.32 Å². The van der Waals surface area contributed by atoms with Crippen molar-refractivity contribution in [2.24, 2.45) is 0 Å². The lowest BCUT2D eigenvalue weighted by Crippen LogP contribution is -2.10. The van der Waals surface area contributed by atoms with Gasteiger partial charge in [-0.2, -0.15) is 0 Å². The number of furan rings is 1. The average molecular weight is 327 g/mol. The van der Waals surface area contributed by atoms with Crippen LogP contribution >= 0.6 is 11.8 Å². The van der Waals surface area contributed by atoms with E-state index in [0.29, 0.717) is 17.0 Å². The van der Waals surface area contributed by atoms with E-state index in [1.165, 1.54) is 24.1 Å². The molecule has 3 rings (SSSR count). The highest BCUT2D eigenvalue weighted by Crippen LogP contribution is 2.26. The highest BCUT2D eigenvalue weighted by Gasteiger charge is 2.09. The summed E-state index contributed by atoms with van der Waals surface area (Å²) in [6, 6.07) is 17.4. The molecule has 0 aliphatic carbocycles. The van der Waals surface area contributed by atoms with Crippen molar-refractivity contribution in [3.8, 4) is 0 Å². The summed E-state index contributed by atoms with van der Waals surface area (Å²) in [6.07, 6.45) is 1.45. The molecule has 3 nitrogen and oxygen atoms in total. The number of halogens is 1. The number of carbonyl (C=O) groups is 1. The first-order valence-corrected chi connectivity index (χ1v) is 8.02. The second kappa shape index (κ2) is 7.15. The van der Waals surface area contributed by atoms with Gasteiger partial charge >= 0.3 is 0 Å². The second-order valence-electron chi connectivity index (χ2n) is 4.84. The number of amides is 1. The number of anilines is 1. The lowest BCUT2D eigenvalue weighted by atomic mass is 10.2. The topological polar surface area (TPSA) is 42.2 Å². The molecule has 0 aliphatic rings. The molecule has 1 heterocycles. The molecule has 23 heavy (non-hydrogen) atoms. The Hall–Kier alpha value is -2.53. The zero-order valence-corrected chi connectivity index (χ0v) is 13.0. The van der Waals surface area contributed by atoms with Crippen molar-refractivity contribution in [3.63, 3.8) is 0 Å². The van der Waals surface area contributed by atoms with Gasteiger partial charge in [0.1, 0.15) is 5.82 Å². The van der Waals surface area contributed by atoms with Gasteiger partial charge < -0.3 is 9.73 Å². The van der Waals surface area contributed by atoms with E-state index in [1.54, 1.807) is 30.3 Å². The Morgan fingerprint density at radius 3 is 2.74 bits per heavy atom. The van der Waals surface area contributed by atoms with Gasteiger partial charge in [0.2, 0.25) is 0 Å². The Morgan fingerprint density at radius 1 is 1.09 bits per heavy atom. The standard InChI is InChI=1S/C18H14FNO2S/c19-16-8-2-1-5-13(16)12-23-15-7-3-6-14(11-15)20-18(21)17-9-4-10-22-17/h1-11H,12H2,(H,20,21). The Kier molecular flexibility index (Phi) is 4.78. The van der Waals surface area contributed by atoms with Crippen molar-refractivity contribution >= 4 is 23.4 Å². The predicted molar refractivity (Wildman–Crippen MR) is 89.1 cm³/mol. The summed E-state index contributed by atoms with van der Waals surface area (Å²) in [5, 5.41) is 2.77. The van der Waals surface area contributed by atoms with Crippen molar-refractivity contribution < 1.29 is 13.6 Å². The predicted octanol–water partition coefficient (Wildman–Crippen LogP) is 4.96. The maximum absolute atomic E-state index is 13.6. The minimum Gasteiger partial charge on any atom is -0.459 e. The molecular weight excluding hydrogens is 313 g/mol. The zero-order chi connectivity index (χ0) is 16.1. The Morgan fingerprint density at radius 2 is 1.96 bits per heavy atom. The quantitative estimate of drug-likeness (QED) is 0.673. The van der Waals surface area contributed by atoms with E-state index in [0.717, 1.165) is 4.90 Å². The molecule has 1 aromatic heterocycles. The molecule has 0 saturated carbocycles. The second-order valence-corrected chi connectivity index (χ2v) is 5.89. The van der Waals surface area contributed by atoms with Crippen LogP contribution in [0.1, 0.15) is 16.1 Å². The minimum absolute atomic E-state index is 0.206. The first kappa shape index (κ1) is 15.4. The van der Waals surface area contributed by atoms with Crippen molar-refractivity contribution in [1.29, 1.82) is 0 Å². The van der Waals surface area contributed by atoms with Crippen LogP contribution in [0.15, 0.2) is 76.2 Å². The summed E-state index contributed by atoms with van der Waals surface area (Å²) in [5.41, 5.74) is 1.33. The van der Waals surface area contributed by atoms with Crippen LogP contribution in [0.2, 0.25) is 0 Å². The van der Waals surface area contributed by atoms with Crippen LogP contribution in [0.4, 0.5) is 10.1 Å². The van der Waals surface area contributed by atoms with Gasteiger partial charge in [0.05, 0.1) is 6.26 Å². The van der Waals surface area contributed by atoms with Crippen molar-refractivity contribution in [2.45, 2.75) is 10.6 Å². The highest BCUT2D eigenvalue weighted by molar-refractivity contribution is 7.98.